The predicted molar refractivity (Wildman–Crippen MR) is 105 cm³/mol. The van der Waals surface area contributed by atoms with Gasteiger partial charge in [-0.05, 0) is 68.4 Å². The molecule has 1 fully saturated rings. The first-order valence-corrected chi connectivity index (χ1v) is 9.81. The summed E-state index contributed by atoms with van der Waals surface area (Å²) in [7, 11) is 1.95. The van der Waals surface area contributed by atoms with Crippen LogP contribution in [0.1, 0.15) is 42.0 Å². The molecule has 0 amide bonds. The lowest BCUT2D eigenvalue weighted by atomic mass is 9.87. The summed E-state index contributed by atoms with van der Waals surface area (Å²) in [5.41, 5.74) is -1.04. The van der Waals surface area contributed by atoms with E-state index in [-0.39, 0.29) is 18.4 Å². The highest BCUT2D eigenvalue weighted by atomic mass is 35.5. The Bertz CT molecular complexity index is 854. The number of aromatic nitrogens is 1. The lowest BCUT2D eigenvalue weighted by molar-refractivity contribution is -0.141. The van der Waals surface area contributed by atoms with Crippen molar-refractivity contribution in [3.63, 3.8) is 0 Å². The molecule has 0 radical (unpaired) electrons. The van der Waals surface area contributed by atoms with E-state index in [2.05, 4.69) is 9.88 Å². The van der Waals surface area contributed by atoms with Crippen molar-refractivity contribution in [3.8, 4) is 0 Å². The SMILES string of the molecule is CN1CCCC1C(CC=O)c1ccnc(C(F)(F)F)c1.FC(F)(F)c1ccc(Cl)cc1. The molecule has 0 saturated carbocycles. The molecule has 170 valence electrons. The molecular weight excluding hydrogens is 446 g/mol. The number of carbonyl (C=O) groups excluding carboxylic acids is 1. The molecule has 2 heterocycles. The van der Waals surface area contributed by atoms with E-state index in [4.69, 9.17) is 11.6 Å². The van der Waals surface area contributed by atoms with Crippen LogP contribution in [0, 0.1) is 0 Å². The van der Waals surface area contributed by atoms with Gasteiger partial charge in [0, 0.05) is 29.6 Å². The van der Waals surface area contributed by atoms with E-state index in [1.165, 1.54) is 18.3 Å². The van der Waals surface area contributed by atoms with Crippen LogP contribution in [0.25, 0.3) is 0 Å². The number of halogens is 7. The van der Waals surface area contributed by atoms with E-state index in [1.807, 2.05) is 7.05 Å². The first-order valence-electron chi connectivity index (χ1n) is 9.43. The number of pyridine rings is 1. The molecule has 0 spiro atoms. The molecule has 31 heavy (non-hydrogen) atoms. The highest BCUT2D eigenvalue weighted by Gasteiger charge is 2.35. The van der Waals surface area contributed by atoms with E-state index < -0.39 is 23.6 Å². The Hall–Kier alpha value is -2.13. The van der Waals surface area contributed by atoms with Crippen LogP contribution in [0.15, 0.2) is 42.6 Å². The fourth-order valence-corrected chi connectivity index (χ4v) is 3.66. The second kappa shape index (κ2) is 10.5. The van der Waals surface area contributed by atoms with Crippen molar-refractivity contribution < 1.29 is 31.1 Å². The fourth-order valence-electron chi connectivity index (χ4n) is 3.53. The standard InChI is InChI=1S/C14H17F3N2O.C7H4ClF3/c1-19-7-2-3-12(19)11(5-8-20)10-4-6-18-13(9-10)14(15,16)17;8-6-3-1-5(2-4-6)7(9,10)11/h4,6,8-9,11-12H,2-3,5,7H2,1H3;1-4H. The van der Waals surface area contributed by atoms with E-state index in [0.717, 1.165) is 43.9 Å². The zero-order valence-electron chi connectivity index (χ0n) is 16.6. The Morgan fingerprint density at radius 2 is 1.77 bits per heavy atom. The van der Waals surface area contributed by atoms with E-state index in [9.17, 15) is 31.1 Å². The van der Waals surface area contributed by atoms with E-state index in [0.29, 0.717) is 10.6 Å². The van der Waals surface area contributed by atoms with E-state index >= 15 is 0 Å². The van der Waals surface area contributed by atoms with Gasteiger partial charge in [0.2, 0.25) is 0 Å². The minimum Gasteiger partial charge on any atom is -0.303 e. The maximum Gasteiger partial charge on any atom is 0.433 e. The largest absolute Gasteiger partial charge is 0.433 e. The average Bonchev–Trinajstić information content (AvgIpc) is 3.11. The third-order valence-electron chi connectivity index (χ3n) is 5.07. The molecule has 2 aromatic rings. The fraction of sp³-hybridized carbons (Fsp3) is 0.429. The Kier molecular flexibility index (Phi) is 8.48. The van der Waals surface area contributed by atoms with Crippen LogP contribution >= 0.6 is 11.6 Å². The number of likely N-dealkylation sites (tertiary alicyclic amines) is 1. The minimum atomic E-state index is -4.46. The van der Waals surface area contributed by atoms with Gasteiger partial charge in [-0.25, -0.2) is 0 Å². The Balaban J connectivity index is 0.000000262. The summed E-state index contributed by atoms with van der Waals surface area (Å²) < 4.78 is 73.8. The highest BCUT2D eigenvalue weighted by Crippen LogP contribution is 2.35. The summed E-state index contributed by atoms with van der Waals surface area (Å²) in [6.45, 7) is 0.914. The van der Waals surface area contributed by atoms with Crippen molar-refractivity contribution in [3.05, 3.63) is 64.4 Å². The number of likely N-dealkylation sites (N-methyl/N-ethyl adjacent to an activating group) is 1. The monoisotopic (exact) mass is 466 g/mol. The zero-order chi connectivity index (χ0) is 23.2. The summed E-state index contributed by atoms with van der Waals surface area (Å²) >= 11 is 5.39. The Morgan fingerprint density at radius 3 is 2.26 bits per heavy atom. The second-order valence-corrected chi connectivity index (χ2v) is 7.61. The lowest BCUT2D eigenvalue weighted by Crippen LogP contribution is -2.31. The first-order chi connectivity index (χ1) is 14.4. The number of rotatable bonds is 4. The molecule has 3 rings (SSSR count). The number of benzene rings is 1. The molecule has 2 atom stereocenters. The molecule has 10 heteroatoms. The van der Waals surface area contributed by atoms with Gasteiger partial charge in [0.25, 0.3) is 0 Å². The normalized spacial score (nSPS) is 18.3. The van der Waals surface area contributed by atoms with Crippen molar-refractivity contribution in [1.29, 1.82) is 0 Å². The van der Waals surface area contributed by atoms with Crippen molar-refractivity contribution in [2.75, 3.05) is 13.6 Å². The maximum absolute atomic E-state index is 12.7. The quantitative estimate of drug-likeness (QED) is 0.396. The molecule has 0 bridgehead atoms. The number of alkyl halides is 6. The van der Waals surface area contributed by atoms with Gasteiger partial charge in [0.1, 0.15) is 12.0 Å². The van der Waals surface area contributed by atoms with Gasteiger partial charge in [-0.2, -0.15) is 26.3 Å². The van der Waals surface area contributed by atoms with Crippen LogP contribution in [0.3, 0.4) is 0 Å². The summed E-state index contributed by atoms with van der Waals surface area (Å²) in [6, 6.07) is 7.08. The molecule has 0 N–H and O–H groups in total. The molecule has 1 aromatic heterocycles. The molecule has 1 aromatic carbocycles. The smallest absolute Gasteiger partial charge is 0.303 e. The molecular formula is C21H21ClF6N2O. The number of aldehydes is 1. The van der Waals surface area contributed by atoms with Gasteiger partial charge < -0.3 is 9.69 Å². The van der Waals surface area contributed by atoms with Gasteiger partial charge in [-0.3, -0.25) is 4.98 Å². The Morgan fingerprint density at radius 1 is 1.13 bits per heavy atom. The molecule has 1 aliphatic rings. The zero-order valence-corrected chi connectivity index (χ0v) is 17.3. The molecule has 2 unspecified atom stereocenters. The van der Waals surface area contributed by atoms with Crippen LogP contribution in [0.5, 0.6) is 0 Å². The van der Waals surface area contributed by atoms with Gasteiger partial charge in [0.15, 0.2) is 0 Å². The molecule has 3 nitrogen and oxygen atoms in total. The average molecular weight is 467 g/mol. The van der Waals surface area contributed by atoms with Gasteiger partial charge in [-0.1, -0.05) is 11.6 Å². The lowest BCUT2D eigenvalue weighted by Gasteiger charge is -2.28. The first kappa shape index (κ1) is 25.1. The molecule has 1 aliphatic heterocycles. The molecule has 1 saturated heterocycles. The van der Waals surface area contributed by atoms with E-state index in [1.54, 1.807) is 6.07 Å². The highest BCUT2D eigenvalue weighted by molar-refractivity contribution is 6.30. The third-order valence-corrected chi connectivity index (χ3v) is 5.32. The van der Waals surface area contributed by atoms with Crippen molar-refractivity contribution in [2.45, 2.75) is 43.6 Å². The minimum absolute atomic E-state index is 0.115. The van der Waals surface area contributed by atoms with Crippen molar-refractivity contribution in [2.24, 2.45) is 0 Å². The second-order valence-electron chi connectivity index (χ2n) is 7.18. The number of carbonyl (C=O) groups is 1. The molecule has 0 aliphatic carbocycles. The summed E-state index contributed by atoms with van der Waals surface area (Å²) in [5, 5.41) is 0.304. The third kappa shape index (κ3) is 7.21. The summed E-state index contributed by atoms with van der Waals surface area (Å²) in [4.78, 5) is 16.4. The summed E-state index contributed by atoms with van der Waals surface area (Å²) in [6.07, 6.45) is -4.63. The van der Waals surface area contributed by atoms with Gasteiger partial charge >= 0.3 is 12.4 Å². The van der Waals surface area contributed by atoms with Crippen LogP contribution in [0.4, 0.5) is 26.3 Å². The Labute approximate surface area is 181 Å². The topological polar surface area (TPSA) is 33.2 Å². The predicted octanol–water partition coefficient (Wildman–Crippen LogP) is 6.23. The van der Waals surface area contributed by atoms with Crippen molar-refractivity contribution >= 4 is 17.9 Å². The number of nitrogens with zero attached hydrogens (tertiary/aromatic N) is 2. The summed E-state index contributed by atoms with van der Waals surface area (Å²) in [5.74, 6) is -0.205. The van der Waals surface area contributed by atoms with Crippen LogP contribution in [-0.2, 0) is 17.1 Å². The van der Waals surface area contributed by atoms with Gasteiger partial charge in [-0.15, -0.1) is 0 Å². The van der Waals surface area contributed by atoms with Crippen LogP contribution in [-0.4, -0.2) is 35.8 Å². The number of hydrogen-bond donors (Lipinski definition) is 0. The van der Waals surface area contributed by atoms with Crippen molar-refractivity contribution in [1.82, 2.24) is 9.88 Å². The van der Waals surface area contributed by atoms with Crippen LogP contribution in [0.2, 0.25) is 5.02 Å². The van der Waals surface area contributed by atoms with Gasteiger partial charge in [0.05, 0.1) is 5.56 Å². The maximum atomic E-state index is 12.7. The number of hydrogen-bond acceptors (Lipinski definition) is 3. The van der Waals surface area contributed by atoms with Crippen LogP contribution < -0.4 is 0 Å².